The molecule has 3 N–H and O–H groups in total. The Hall–Kier alpha value is -5.43. The van der Waals surface area contributed by atoms with Crippen LogP contribution in [-0.2, 0) is 22.6 Å². The van der Waals surface area contributed by atoms with E-state index in [0.29, 0.717) is 97.1 Å². The van der Waals surface area contributed by atoms with Gasteiger partial charge in [-0.2, -0.15) is 0 Å². The molecule has 0 radical (unpaired) electrons. The van der Waals surface area contributed by atoms with Crippen LogP contribution in [0.5, 0.6) is 17.2 Å². The summed E-state index contributed by atoms with van der Waals surface area (Å²) in [4.78, 5) is 64.7. The fraction of sp³-hybridized carbons (Fsp3) is 0.425. The number of methoxy groups -OCH3 is 3. The molecule has 280 valence electrons. The summed E-state index contributed by atoms with van der Waals surface area (Å²) in [5.74, 6) is 1.87. The summed E-state index contributed by atoms with van der Waals surface area (Å²) in [6, 6.07) is 13.2. The molecular weight excluding hydrogens is 676 g/mol. The van der Waals surface area contributed by atoms with Gasteiger partial charge in [0.15, 0.2) is 11.5 Å². The third kappa shape index (κ3) is 7.99. The lowest BCUT2D eigenvalue weighted by Gasteiger charge is -2.36. The normalized spacial score (nSPS) is 16.3. The first kappa shape index (κ1) is 37.3. The van der Waals surface area contributed by atoms with Crippen LogP contribution < -0.4 is 35.8 Å². The van der Waals surface area contributed by atoms with Crippen molar-refractivity contribution in [3.63, 3.8) is 0 Å². The summed E-state index contributed by atoms with van der Waals surface area (Å²) < 4.78 is 17.3. The van der Waals surface area contributed by atoms with E-state index in [1.807, 2.05) is 49.1 Å². The highest BCUT2D eigenvalue weighted by atomic mass is 16.5. The number of piperazine rings is 1. The molecule has 2 atom stereocenters. The monoisotopic (exact) mass is 724 g/mol. The summed E-state index contributed by atoms with van der Waals surface area (Å²) >= 11 is 0. The van der Waals surface area contributed by atoms with Gasteiger partial charge < -0.3 is 34.7 Å². The minimum absolute atomic E-state index is 0.0805. The van der Waals surface area contributed by atoms with Crippen LogP contribution in [-0.4, -0.2) is 85.1 Å². The number of H-pyrrole nitrogens is 1. The highest BCUT2D eigenvalue weighted by Crippen LogP contribution is 2.50. The van der Waals surface area contributed by atoms with E-state index in [0.717, 1.165) is 11.1 Å². The van der Waals surface area contributed by atoms with Crippen LogP contribution in [0.1, 0.15) is 56.6 Å². The molecule has 0 saturated carbocycles. The quantitative estimate of drug-likeness (QED) is 0.204. The van der Waals surface area contributed by atoms with Crippen molar-refractivity contribution in [1.82, 2.24) is 25.1 Å². The Balaban J connectivity index is 1.27. The molecule has 1 aromatic heterocycles. The van der Waals surface area contributed by atoms with E-state index in [2.05, 4.69) is 25.5 Å². The summed E-state index contributed by atoms with van der Waals surface area (Å²) in [5.41, 5.74) is 3.51. The van der Waals surface area contributed by atoms with E-state index in [1.165, 1.54) is 6.92 Å². The Morgan fingerprint density at radius 2 is 1.70 bits per heavy atom. The summed E-state index contributed by atoms with van der Waals surface area (Å²) in [6.45, 7) is 8.22. The molecule has 13 nitrogen and oxygen atoms in total. The van der Waals surface area contributed by atoms with E-state index in [1.54, 1.807) is 39.5 Å². The van der Waals surface area contributed by atoms with Crippen molar-refractivity contribution in [1.29, 1.82) is 0 Å². The minimum Gasteiger partial charge on any atom is -0.493 e. The number of hydrogen-bond acceptors (Lipinski definition) is 10. The van der Waals surface area contributed by atoms with Crippen LogP contribution in [0.2, 0.25) is 0 Å². The molecular formula is C40H48N6O7. The van der Waals surface area contributed by atoms with Gasteiger partial charge in [0.25, 0.3) is 5.56 Å². The molecule has 0 bridgehead atoms. The van der Waals surface area contributed by atoms with Crippen LogP contribution in [0.4, 0.5) is 5.69 Å². The number of ether oxygens (including phenoxy) is 3. The lowest BCUT2D eigenvalue weighted by Crippen LogP contribution is -2.53. The molecule has 3 aromatic carbocycles. The van der Waals surface area contributed by atoms with Gasteiger partial charge in [-0.1, -0.05) is 32.0 Å². The zero-order chi connectivity index (χ0) is 37.8. The maximum Gasteiger partial charge on any atom is 0.258 e. The first-order valence-electron chi connectivity index (χ1n) is 18.0. The lowest BCUT2D eigenvalue weighted by atomic mass is 9.95. The highest BCUT2D eigenvalue weighted by molar-refractivity contribution is 5.86. The number of carbonyl (C=O) groups is 2. The van der Waals surface area contributed by atoms with Crippen LogP contribution in [0.3, 0.4) is 0 Å². The molecule has 4 aromatic rings. The van der Waals surface area contributed by atoms with Crippen LogP contribution in [0.15, 0.2) is 58.1 Å². The van der Waals surface area contributed by atoms with Crippen molar-refractivity contribution in [3.05, 3.63) is 86.1 Å². The van der Waals surface area contributed by atoms with Gasteiger partial charge in [-0.15, -0.1) is 0 Å². The third-order valence-corrected chi connectivity index (χ3v) is 9.97. The SMILES string of the molecule is COc1cc2c(c(OC)c1OC)-c1ccc(N[C@H](CC(C)C)C(=O)N3CCN(Cc4nc5ccccc5c(=O)[nH]4)CC3)c(=O)cc1[C@H](NC(C)=O)CC2. The molecule has 1 aliphatic carbocycles. The number of aryl methyl sites for hydroxylation is 1. The third-order valence-electron chi connectivity index (χ3n) is 9.97. The van der Waals surface area contributed by atoms with Gasteiger partial charge in [0.2, 0.25) is 23.0 Å². The molecule has 1 aliphatic heterocycles. The van der Waals surface area contributed by atoms with Crippen molar-refractivity contribution < 1.29 is 23.8 Å². The summed E-state index contributed by atoms with van der Waals surface area (Å²) in [5, 5.41) is 6.92. The van der Waals surface area contributed by atoms with E-state index in [-0.39, 0.29) is 34.4 Å². The molecule has 6 rings (SSSR count). The predicted molar refractivity (Wildman–Crippen MR) is 204 cm³/mol. The number of para-hydroxylation sites is 1. The number of benzene rings is 2. The second-order valence-corrected chi connectivity index (χ2v) is 14.1. The number of carbonyl (C=O) groups excluding carboxylic acids is 2. The molecule has 13 heteroatoms. The molecule has 0 spiro atoms. The Bertz CT molecular complexity index is 2130. The van der Waals surface area contributed by atoms with Crippen molar-refractivity contribution in [2.75, 3.05) is 52.8 Å². The number of hydrogen-bond donors (Lipinski definition) is 3. The molecule has 53 heavy (non-hydrogen) atoms. The Morgan fingerprint density at radius 1 is 0.962 bits per heavy atom. The smallest absolute Gasteiger partial charge is 0.258 e. The fourth-order valence-electron chi connectivity index (χ4n) is 7.48. The Kier molecular flexibility index (Phi) is 11.3. The first-order valence-corrected chi connectivity index (χ1v) is 18.0. The topological polar surface area (TPSA) is 155 Å². The molecule has 2 heterocycles. The summed E-state index contributed by atoms with van der Waals surface area (Å²) in [7, 11) is 4.67. The van der Waals surface area contributed by atoms with Crippen LogP contribution >= 0.6 is 0 Å². The maximum absolute atomic E-state index is 14.1. The molecule has 2 aliphatic rings. The Labute approximate surface area is 308 Å². The number of amides is 2. The fourth-order valence-corrected chi connectivity index (χ4v) is 7.48. The Morgan fingerprint density at radius 3 is 2.38 bits per heavy atom. The largest absolute Gasteiger partial charge is 0.493 e. The van der Waals surface area contributed by atoms with Crippen molar-refractivity contribution in [2.24, 2.45) is 5.92 Å². The van der Waals surface area contributed by atoms with E-state index in [4.69, 9.17) is 14.2 Å². The maximum atomic E-state index is 14.1. The summed E-state index contributed by atoms with van der Waals surface area (Å²) in [6.07, 6.45) is 1.64. The zero-order valence-corrected chi connectivity index (χ0v) is 31.2. The molecule has 0 unspecified atom stereocenters. The van der Waals surface area contributed by atoms with E-state index in [9.17, 15) is 19.2 Å². The number of nitrogens with zero attached hydrogens (tertiary/aromatic N) is 3. The first-order chi connectivity index (χ1) is 25.5. The lowest BCUT2D eigenvalue weighted by molar-refractivity contribution is -0.134. The number of anilines is 1. The van der Waals surface area contributed by atoms with Gasteiger partial charge in [-0.25, -0.2) is 4.98 Å². The van der Waals surface area contributed by atoms with Gasteiger partial charge in [0.05, 0.1) is 50.5 Å². The van der Waals surface area contributed by atoms with Gasteiger partial charge >= 0.3 is 0 Å². The number of nitrogens with one attached hydrogen (secondary N) is 3. The molecule has 1 saturated heterocycles. The van der Waals surface area contributed by atoms with Crippen molar-refractivity contribution in [3.8, 4) is 28.4 Å². The van der Waals surface area contributed by atoms with Crippen molar-refractivity contribution in [2.45, 2.75) is 58.7 Å². The second kappa shape index (κ2) is 16.1. The van der Waals surface area contributed by atoms with E-state index < -0.39 is 12.1 Å². The number of fused-ring (bicyclic) bond motifs is 4. The van der Waals surface area contributed by atoms with Gasteiger partial charge in [0.1, 0.15) is 11.9 Å². The van der Waals surface area contributed by atoms with E-state index >= 15 is 0 Å². The predicted octanol–water partition coefficient (Wildman–Crippen LogP) is 4.27. The number of rotatable bonds is 11. The highest BCUT2D eigenvalue weighted by Gasteiger charge is 2.31. The van der Waals surface area contributed by atoms with Crippen LogP contribution in [0, 0.1) is 5.92 Å². The van der Waals surface area contributed by atoms with Crippen LogP contribution in [0.25, 0.3) is 22.0 Å². The van der Waals surface area contributed by atoms with Gasteiger partial charge in [-0.3, -0.25) is 24.1 Å². The second-order valence-electron chi connectivity index (χ2n) is 14.1. The number of aromatic amines is 1. The average molecular weight is 725 g/mol. The standard InChI is InChI=1S/C40H48N6O7/c1-23(2)19-32(40(50)46-17-15-45(16-18-46)22-35-43-29-10-8-7-9-27(29)39(49)44-35)42-31-14-12-26-28(21-33(31)48)30(41-24(3)47)13-11-25-20-34(51-4)37(52-5)38(53-6)36(25)26/h7-10,12,14,20-21,23,30,32H,11,13,15-19,22H2,1-6H3,(H,41,47)(H,42,48)(H,43,44,49)/t30-,32-/m1/s1. The van der Waals surface area contributed by atoms with Gasteiger partial charge in [-0.05, 0) is 72.2 Å². The number of aromatic nitrogens is 2. The molecule has 1 fully saturated rings. The minimum atomic E-state index is -0.646. The molecule has 2 amide bonds. The van der Waals surface area contributed by atoms with Crippen molar-refractivity contribution >= 4 is 28.4 Å². The van der Waals surface area contributed by atoms with Gasteiger partial charge in [0, 0.05) is 38.7 Å². The zero-order valence-electron chi connectivity index (χ0n) is 31.2. The average Bonchev–Trinajstić information content (AvgIpc) is 3.38.